The molecule has 2 aliphatic rings. The van der Waals surface area contributed by atoms with Gasteiger partial charge < -0.3 is 29.8 Å². The number of anilines is 2. The monoisotopic (exact) mass is 424 g/mol. The van der Waals surface area contributed by atoms with Gasteiger partial charge in [0.05, 0.1) is 42.6 Å². The highest BCUT2D eigenvalue weighted by Gasteiger charge is 2.41. The van der Waals surface area contributed by atoms with Crippen molar-refractivity contribution in [2.24, 2.45) is 0 Å². The van der Waals surface area contributed by atoms with E-state index in [1.165, 1.54) is 0 Å². The lowest BCUT2D eigenvalue weighted by Crippen LogP contribution is -2.44. The van der Waals surface area contributed by atoms with E-state index in [0.717, 1.165) is 46.6 Å². The Labute approximate surface area is 180 Å². The molecule has 0 saturated carbocycles. The van der Waals surface area contributed by atoms with Crippen LogP contribution in [0.4, 0.5) is 11.8 Å². The topological polar surface area (TPSA) is 111 Å². The summed E-state index contributed by atoms with van der Waals surface area (Å²) in [5, 5.41) is 0. The molecule has 0 bridgehead atoms. The van der Waals surface area contributed by atoms with E-state index in [4.69, 9.17) is 29.9 Å². The molecule has 0 amide bonds. The van der Waals surface area contributed by atoms with Crippen molar-refractivity contribution in [1.82, 2.24) is 19.9 Å². The second-order valence-corrected chi connectivity index (χ2v) is 8.43. The number of ether oxygens (including phenoxy) is 3. The summed E-state index contributed by atoms with van der Waals surface area (Å²) in [6, 6.07) is 6.14. The Bertz CT molecular complexity index is 1120. The van der Waals surface area contributed by atoms with Crippen molar-refractivity contribution in [2.75, 3.05) is 44.1 Å². The molecule has 0 spiro atoms. The van der Waals surface area contributed by atoms with E-state index in [0.29, 0.717) is 38.2 Å². The number of aromatic amines is 1. The molecule has 1 saturated heterocycles. The molecule has 1 fully saturated rings. The lowest BCUT2D eigenvalue weighted by molar-refractivity contribution is -0.0448. The number of nitrogens with two attached hydrogens (primary N) is 1. The zero-order valence-electron chi connectivity index (χ0n) is 18.1. The van der Waals surface area contributed by atoms with E-state index in [2.05, 4.69) is 28.7 Å². The van der Waals surface area contributed by atoms with Gasteiger partial charge in [-0.1, -0.05) is 0 Å². The minimum atomic E-state index is -0.518. The summed E-state index contributed by atoms with van der Waals surface area (Å²) in [5.41, 5.74) is 9.89. The van der Waals surface area contributed by atoms with Crippen LogP contribution < -0.4 is 10.6 Å². The number of nitrogens with one attached hydrogen (secondary N) is 1. The molecule has 0 unspecified atom stereocenters. The predicted octanol–water partition coefficient (Wildman–Crippen LogP) is 2.61. The Morgan fingerprint density at radius 3 is 3.00 bits per heavy atom. The fraction of sp³-hybridized carbons (Fsp3) is 0.500. The van der Waals surface area contributed by atoms with Gasteiger partial charge >= 0.3 is 0 Å². The normalized spacial score (nSPS) is 23.5. The molecule has 3 aromatic rings. The van der Waals surface area contributed by atoms with Crippen LogP contribution in [-0.2, 0) is 26.4 Å². The highest BCUT2D eigenvalue weighted by Crippen LogP contribution is 2.42. The number of hydrogen-bond donors (Lipinski definition) is 2. The molecule has 3 N–H and O–H groups in total. The summed E-state index contributed by atoms with van der Waals surface area (Å²) < 4.78 is 17.3. The Morgan fingerprint density at radius 2 is 2.19 bits per heavy atom. The number of aromatic nitrogens is 4. The molecule has 5 rings (SSSR count). The molecule has 1 aromatic carbocycles. The molecule has 0 radical (unpaired) electrons. The van der Waals surface area contributed by atoms with Crippen LogP contribution in [0.1, 0.15) is 31.5 Å². The summed E-state index contributed by atoms with van der Waals surface area (Å²) in [7, 11) is 1.71. The number of H-pyrrole nitrogens is 1. The first-order chi connectivity index (χ1) is 15.0. The minimum absolute atomic E-state index is 0.223. The first-order valence-electron chi connectivity index (χ1n) is 10.6. The van der Waals surface area contributed by atoms with Crippen molar-refractivity contribution in [3.05, 3.63) is 29.5 Å². The van der Waals surface area contributed by atoms with Gasteiger partial charge in [-0.3, -0.25) is 0 Å². The molecule has 2 aromatic heterocycles. The average molecular weight is 425 g/mol. The van der Waals surface area contributed by atoms with E-state index in [9.17, 15) is 0 Å². The minimum Gasteiger partial charge on any atom is -0.385 e. The smallest absolute Gasteiger partial charge is 0.198 e. The van der Waals surface area contributed by atoms with Gasteiger partial charge in [0.25, 0.3) is 0 Å². The van der Waals surface area contributed by atoms with Gasteiger partial charge in [0.1, 0.15) is 11.4 Å². The standard InChI is InChI=1S/C22H28N6O3/c1-13-11-30-9-7-28(13)20-15-12-31-22(2,6-8-29-3)18(15)26-19(27-20)14-4-5-16-17(10-14)25-21(23)24-16/h4-5,10,13H,6-9,11-12H2,1-3H3,(H3,23,24,25)/t13-,22-/m0/s1. The first kappa shape index (κ1) is 20.2. The van der Waals surface area contributed by atoms with Crippen LogP contribution >= 0.6 is 0 Å². The highest BCUT2D eigenvalue weighted by molar-refractivity contribution is 5.82. The lowest BCUT2D eigenvalue weighted by atomic mass is 9.96. The number of morpholine rings is 1. The van der Waals surface area contributed by atoms with E-state index in [-0.39, 0.29) is 6.04 Å². The Hall–Kier alpha value is -2.75. The summed E-state index contributed by atoms with van der Waals surface area (Å²) in [4.78, 5) is 19.7. The number of benzene rings is 1. The van der Waals surface area contributed by atoms with Gasteiger partial charge in [0.15, 0.2) is 11.8 Å². The maximum absolute atomic E-state index is 6.27. The largest absolute Gasteiger partial charge is 0.385 e. The predicted molar refractivity (Wildman–Crippen MR) is 118 cm³/mol. The van der Waals surface area contributed by atoms with Crippen LogP contribution in [0.3, 0.4) is 0 Å². The number of nitrogen functional groups attached to an aromatic ring is 1. The summed E-state index contributed by atoms with van der Waals surface area (Å²) in [6.07, 6.45) is 0.723. The number of nitrogens with zero attached hydrogens (tertiary/aromatic N) is 4. The van der Waals surface area contributed by atoms with Gasteiger partial charge in [0, 0.05) is 37.8 Å². The summed E-state index contributed by atoms with van der Waals surface area (Å²) in [6.45, 7) is 7.47. The second-order valence-electron chi connectivity index (χ2n) is 8.43. The fourth-order valence-electron chi connectivity index (χ4n) is 4.41. The van der Waals surface area contributed by atoms with Crippen molar-refractivity contribution in [3.63, 3.8) is 0 Å². The highest BCUT2D eigenvalue weighted by atomic mass is 16.5. The van der Waals surface area contributed by atoms with Crippen LogP contribution in [0.5, 0.6) is 0 Å². The van der Waals surface area contributed by atoms with Crippen molar-refractivity contribution in [1.29, 1.82) is 0 Å². The Morgan fingerprint density at radius 1 is 1.32 bits per heavy atom. The maximum atomic E-state index is 6.27. The van der Waals surface area contributed by atoms with E-state index < -0.39 is 5.60 Å². The molecule has 2 atom stereocenters. The third-order valence-corrected chi connectivity index (χ3v) is 6.20. The van der Waals surface area contributed by atoms with Crippen molar-refractivity contribution in [2.45, 2.75) is 38.5 Å². The number of rotatable bonds is 5. The third-order valence-electron chi connectivity index (χ3n) is 6.20. The first-order valence-corrected chi connectivity index (χ1v) is 10.6. The molecular formula is C22H28N6O3. The Balaban J connectivity index is 1.65. The van der Waals surface area contributed by atoms with Crippen LogP contribution in [0.15, 0.2) is 18.2 Å². The zero-order valence-corrected chi connectivity index (χ0v) is 18.1. The third kappa shape index (κ3) is 3.52. The van der Waals surface area contributed by atoms with E-state index >= 15 is 0 Å². The molecule has 9 heteroatoms. The van der Waals surface area contributed by atoms with Gasteiger partial charge in [-0.25, -0.2) is 15.0 Å². The molecular weight excluding hydrogens is 396 g/mol. The van der Waals surface area contributed by atoms with Gasteiger partial charge in [-0.05, 0) is 32.0 Å². The Kier molecular flexibility index (Phi) is 5.04. The summed E-state index contributed by atoms with van der Waals surface area (Å²) in [5.74, 6) is 1.99. The molecule has 9 nitrogen and oxygen atoms in total. The SMILES string of the molecule is COCC[C@]1(C)OCc2c(N3CCOC[C@@H]3C)nc(-c3ccc4nc(N)[nH]c4c3)nc21. The number of imidazole rings is 1. The molecule has 4 heterocycles. The summed E-state index contributed by atoms with van der Waals surface area (Å²) >= 11 is 0. The lowest BCUT2D eigenvalue weighted by Gasteiger charge is -2.35. The maximum Gasteiger partial charge on any atom is 0.198 e. The average Bonchev–Trinajstić information content (AvgIpc) is 3.31. The number of methoxy groups -OCH3 is 1. The van der Waals surface area contributed by atoms with Crippen LogP contribution in [0.25, 0.3) is 22.4 Å². The van der Waals surface area contributed by atoms with Crippen molar-refractivity contribution in [3.8, 4) is 11.4 Å². The second kappa shape index (κ2) is 7.74. The van der Waals surface area contributed by atoms with Gasteiger partial charge in [0.2, 0.25) is 0 Å². The van der Waals surface area contributed by atoms with Crippen LogP contribution in [-0.4, -0.2) is 59.5 Å². The zero-order chi connectivity index (χ0) is 21.6. The van der Waals surface area contributed by atoms with Gasteiger partial charge in [-0.15, -0.1) is 0 Å². The molecule has 0 aliphatic carbocycles. The van der Waals surface area contributed by atoms with Gasteiger partial charge in [-0.2, -0.15) is 0 Å². The fourth-order valence-corrected chi connectivity index (χ4v) is 4.41. The van der Waals surface area contributed by atoms with Crippen LogP contribution in [0, 0.1) is 0 Å². The van der Waals surface area contributed by atoms with Crippen molar-refractivity contribution < 1.29 is 14.2 Å². The van der Waals surface area contributed by atoms with E-state index in [1.807, 2.05) is 18.2 Å². The molecule has 164 valence electrons. The molecule has 2 aliphatic heterocycles. The van der Waals surface area contributed by atoms with E-state index in [1.54, 1.807) is 7.11 Å². The number of fused-ring (bicyclic) bond motifs is 2. The number of hydrogen-bond acceptors (Lipinski definition) is 8. The van der Waals surface area contributed by atoms with Crippen molar-refractivity contribution >= 4 is 22.8 Å². The molecule has 31 heavy (non-hydrogen) atoms. The quantitative estimate of drug-likeness (QED) is 0.643. The van der Waals surface area contributed by atoms with Crippen LogP contribution in [0.2, 0.25) is 0 Å².